The second kappa shape index (κ2) is 6.96. The first kappa shape index (κ1) is 16.5. The SMILES string of the molecule is O=C(CCOCC(F)(F)F)N1CCCC2(CCCNC2)C1. The molecule has 1 unspecified atom stereocenters. The maximum absolute atomic E-state index is 12.1. The van der Waals surface area contributed by atoms with Gasteiger partial charge in [-0.05, 0) is 32.2 Å². The van der Waals surface area contributed by atoms with Crippen LogP contribution in [0.15, 0.2) is 0 Å². The Bertz CT molecular complexity index is 349. The molecule has 1 atom stereocenters. The molecule has 2 fully saturated rings. The predicted octanol–water partition coefficient (Wildman–Crippen LogP) is 1.95. The number of alkyl halides is 3. The van der Waals surface area contributed by atoms with Crippen molar-refractivity contribution >= 4 is 5.91 Å². The van der Waals surface area contributed by atoms with Crippen molar-refractivity contribution in [3.8, 4) is 0 Å². The van der Waals surface area contributed by atoms with Crippen molar-refractivity contribution in [3.63, 3.8) is 0 Å². The quantitative estimate of drug-likeness (QED) is 0.807. The summed E-state index contributed by atoms with van der Waals surface area (Å²) >= 11 is 0. The minimum atomic E-state index is -4.33. The first-order valence-corrected chi connectivity index (χ1v) is 7.53. The van der Waals surface area contributed by atoms with Gasteiger partial charge in [0.1, 0.15) is 6.61 Å². The summed E-state index contributed by atoms with van der Waals surface area (Å²) < 4.78 is 40.3. The normalized spacial score (nSPS) is 27.1. The minimum absolute atomic E-state index is 0.0274. The summed E-state index contributed by atoms with van der Waals surface area (Å²) in [6.07, 6.45) is 0.0296. The fraction of sp³-hybridized carbons (Fsp3) is 0.929. The zero-order valence-corrected chi connectivity index (χ0v) is 12.2. The van der Waals surface area contributed by atoms with E-state index in [9.17, 15) is 18.0 Å². The molecule has 0 aliphatic carbocycles. The van der Waals surface area contributed by atoms with Crippen LogP contribution in [0.1, 0.15) is 32.1 Å². The van der Waals surface area contributed by atoms with Gasteiger partial charge in [0.15, 0.2) is 0 Å². The van der Waals surface area contributed by atoms with Gasteiger partial charge in [0, 0.05) is 25.0 Å². The largest absolute Gasteiger partial charge is 0.411 e. The standard InChI is InChI=1S/C14H23F3N2O2/c15-14(16,17)11-21-8-3-12(20)19-7-2-5-13(10-19)4-1-6-18-9-13/h18H,1-11H2. The minimum Gasteiger partial charge on any atom is -0.372 e. The van der Waals surface area contributed by atoms with Gasteiger partial charge in [-0.25, -0.2) is 0 Å². The van der Waals surface area contributed by atoms with Gasteiger partial charge in [0.05, 0.1) is 13.0 Å². The Hall–Kier alpha value is -0.820. The first-order chi connectivity index (χ1) is 9.90. The molecule has 4 nitrogen and oxygen atoms in total. The van der Waals surface area contributed by atoms with Crippen LogP contribution < -0.4 is 5.32 Å². The summed E-state index contributed by atoms with van der Waals surface area (Å²) in [5.41, 5.74) is 0.166. The molecule has 2 aliphatic heterocycles. The number of carbonyl (C=O) groups excluding carboxylic acids is 1. The molecular formula is C14H23F3N2O2. The summed E-state index contributed by atoms with van der Waals surface area (Å²) in [6, 6.07) is 0. The molecule has 2 saturated heterocycles. The van der Waals surface area contributed by atoms with E-state index in [1.54, 1.807) is 4.90 Å². The van der Waals surface area contributed by atoms with E-state index in [0.717, 1.165) is 45.3 Å². The number of hydrogen-bond donors (Lipinski definition) is 1. The van der Waals surface area contributed by atoms with Crippen molar-refractivity contribution < 1.29 is 22.7 Å². The number of piperidine rings is 2. The topological polar surface area (TPSA) is 41.6 Å². The van der Waals surface area contributed by atoms with Gasteiger partial charge >= 0.3 is 6.18 Å². The van der Waals surface area contributed by atoms with Crippen LogP contribution in [-0.4, -0.2) is 56.4 Å². The van der Waals surface area contributed by atoms with Crippen LogP contribution in [-0.2, 0) is 9.53 Å². The fourth-order valence-electron chi connectivity index (χ4n) is 3.30. The molecule has 1 spiro atoms. The van der Waals surface area contributed by atoms with Gasteiger partial charge < -0.3 is 15.0 Å². The lowest BCUT2D eigenvalue weighted by molar-refractivity contribution is -0.175. The zero-order valence-electron chi connectivity index (χ0n) is 12.2. The molecule has 2 aliphatic rings. The molecule has 0 bridgehead atoms. The summed E-state index contributed by atoms with van der Waals surface area (Å²) in [7, 11) is 0. The Balaban J connectivity index is 1.74. The molecule has 0 saturated carbocycles. The summed E-state index contributed by atoms with van der Waals surface area (Å²) in [4.78, 5) is 13.9. The van der Waals surface area contributed by atoms with Crippen LogP contribution in [0.5, 0.6) is 0 Å². The Kier molecular flexibility index (Phi) is 5.48. The van der Waals surface area contributed by atoms with Gasteiger partial charge in [-0.1, -0.05) is 0 Å². The average Bonchev–Trinajstić information content (AvgIpc) is 2.43. The number of nitrogens with one attached hydrogen (secondary N) is 1. The lowest BCUT2D eigenvalue weighted by atomic mass is 9.74. The van der Waals surface area contributed by atoms with Crippen molar-refractivity contribution in [3.05, 3.63) is 0 Å². The number of halogens is 3. The molecule has 0 aromatic rings. The Morgan fingerprint density at radius 3 is 2.71 bits per heavy atom. The molecular weight excluding hydrogens is 285 g/mol. The number of ether oxygens (including phenoxy) is 1. The van der Waals surface area contributed by atoms with Crippen LogP contribution in [0.4, 0.5) is 13.2 Å². The summed E-state index contributed by atoms with van der Waals surface area (Å²) in [5.74, 6) is -0.0955. The van der Waals surface area contributed by atoms with E-state index in [1.165, 1.54) is 0 Å². The second-order valence-electron chi connectivity index (χ2n) is 6.12. The summed E-state index contributed by atoms with van der Waals surface area (Å²) in [5, 5.41) is 3.39. The monoisotopic (exact) mass is 308 g/mol. The molecule has 122 valence electrons. The van der Waals surface area contributed by atoms with Crippen LogP contribution in [0.25, 0.3) is 0 Å². The van der Waals surface area contributed by atoms with E-state index in [4.69, 9.17) is 0 Å². The van der Waals surface area contributed by atoms with E-state index in [2.05, 4.69) is 10.1 Å². The molecule has 0 radical (unpaired) electrons. The van der Waals surface area contributed by atoms with Gasteiger partial charge in [0.2, 0.25) is 5.91 Å². The van der Waals surface area contributed by atoms with E-state index >= 15 is 0 Å². The highest BCUT2D eigenvalue weighted by Gasteiger charge is 2.37. The lowest BCUT2D eigenvalue weighted by Gasteiger charge is -2.45. The Labute approximate surface area is 123 Å². The molecule has 0 aromatic carbocycles. The highest BCUT2D eigenvalue weighted by atomic mass is 19.4. The van der Waals surface area contributed by atoms with Crippen molar-refractivity contribution in [2.24, 2.45) is 5.41 Å². The third-order valence-electron chi connectivity index (χ3n) is 4.30. The van der Waals surface area contributed by atoms with Crippen LogP contribution in [0, 0.1) is 5.41 Å². The van der Waals surface area contributed by atoms with E-state index < -0.39 is 12.8 Å². The number of amides is 1. The van der Waals surface area contributed by atoms with Crippen LogP contribution in [0.3, 0.4) is 0 Å². The Morgan fingerprint density at radius 2 is 2.05 bits per heavy atom. The van der Waals surface area contributed by atoms with Crippen molar-refractivity contribution in [2.75, 3.05) is 39.4 Å². The molecule has 1 N–H and O–H groups in total. The highest BCUT2D eigenvalue weighted by molar-refractivity contribution is 5.76. The third kappa shape index (κ3) is 5.14. The predicted molar refractivity (Wildman–Crippen MR) is 71.8 cm³/mol. The number of likely N-dealkylation sites (tertiary alicyclic amines) is 1. The maximum Gasteiger partial charge on any atom is 0.411 e. The highest BCUT2D eigenvalue weighted by Crippen LogP contribution is 2.36. The van der Waals surface area contributed by atoms with Crippen molar-refractivity contribution in [1.29, 1.82) is 0 Å². The molecule has 0 aromatic heterocycles. The van der Waals surface area contributed by atoms with Gasteiger partial charge in [0.25, 0.3) is 0 Å². The van der Waals surface area contributed by atoms with E-state index in [1.807, 2.05) is 0 Å². The van der Waals surface area contributed by atoms with Crippen molar-refractivity contribution in [2.45, 2.75) is 38.3 Å². The Morgan fingerprint density at radius 1 is 1.29 bits per heavy atom. The number of rotatable bonds is 4. The van der Waals surface area contributed by atoms with Crippen molar-refractivity contribution in [1.82, 2.24) is 10.2 Å². The van der Waals surface area contributed by atoms with E-state index in [0.29, 0.717) is 6.54 Å². The maximum atomic E-state index is 12.1. The number of hydrogen-bond acceptors (Lipinski definition) is 3. The summed E-state index contributed by atoms with van der Waals surface area (Å²) in [6.45, 7) is 1.94. The molecule has 2 rings (SSSR count). The molecule has 7 heteroatoms. The lowest BCUT2D eigenvalue weighted by Crippen LogP contribution is -2.52. The number of carbonyl (C=O) groups is 1. The first-order valence-electron chi connectivity index (χ1n) is 7.53. The number of nitrogens with zero attached hydrogens (tertiary/aromatic N) is 1. The van der Waals surface area contributed by atoms with Gasteiger partial charge in [-0.3, -0.25) is 4.79 Å². The van der Waals surface area contributed by atoms with Gasteiger partial charge in [-0.2, -0.15) is 13.2 Å². The van der Waals surface area contributed by atoms with Crippen LogP contribution >= 0.6 is 0 Å². The zero-order chi connectivity index (χ0) is 15.3. The van der Waals surface area contributed by atoms with E-state index in [-0.39, 0.29) is 24.3 Å². The molecule has 1 amide bonds. The van der Waals surface area contributed by atoms with Gasteiger partial charge in [-0.15, -0.1) is 0 Å². The average molecular weight is 308 g/mol. The third-order valence-corrected chi connectivity index (χ3v) is 4.30. The molecule has 2 heterocycles. The molecule has 21 heavy (non-hydrogen) atoms. The van der Waals surface area contributed by atoms with Crippen LogP contribution in [0.2, 0.25) is 0 Å². The second-order valence-corrected chi connectivity index (χ2v) is 6.12. The fourth-order valence-corrected chi connectivity index (χ4v) is 3.30. The smallest absolute Gasteiger partial charge is 0.372 e.